The molecule has 0 saturated heterocycles. The number of nitrogens with two attached hydrogens (primary N) is 1. The molecule has 2 N–H and O–H groups in total. The zero-order valence-corrected chi connectivity index (χ0v) is 10.0. The molecular formula is C9H10Cl2F2N2O2. The highest BCUT2D eigenvalue weighted by Gasteiger charge is 2.22. The van der Waals surface area contributed by atoms with Crippen LogP contribution in [0.1, 0.15) is 18.0 Å². The average Bonchev–Trinajstić information content (AvgIpc) is 2.15. The fourth-order valence-electron chi connectivity index (χ4n) is 1.31. The molecule has 1 aromatic rings. The van der Waals surface area contributed by atoms with Gasteiger partial charge in [-0.2, -0.15) is 0 Å². The van der Waals surface area contributed by atoms with E-state index < -0.39 is 23.8 Å². The topological polar surface area (TPSA) is 69.2 Å². The average molecular weight is 287 g/mol. The number of benzene rings is 1. The van der Waals surface area contributed by atoms with Crippen LogP contribution >= 0.6 is 24.0 Å². The van der Waals surface area contributed by atoms with Crippen molar-refractivity contribution >= 4 is 29.7 Å². The number of nitro groups is 1. The van der Waals surface area contributed by atoms with Crippen LogP contribution in [0.4, 0.5) is 14.5 Å². The maximum absolute atomic E-state index is 12.1. The van der Waals surface area contributed by atoms with Gasteiger partial charge in [0.15, 0.2) is 0 Å². The highest BCUT2D eigenvalue weighted by Crippen LogP contribution is 2.29. The summed E-state index contributed by atoms with van der Waals surface area (Å²) < 4.78 is 24.2. The van der Waals surface area contributed by atoms with E-state index in [4.69, 9.17) is 17.3 Å². The van der Waals surface area contributed by atoms with Crippen LogP contribution in [0.5, 0.6) is 0 Å². The normalized spacial score (nSPS) is 12.1. The molecule has 0 aliphatic carbocycles. The first-order valence-electron chi connectivity index (χ1n) is 4.39. The molecule has 0 saturated carbocycles. The van der Waals surface area contributed by atoms with E-state index in [0.717, 1.165) is 6.07 Å². The lowest BCUT2D eigenvalue weighted by Gasteiger charge is -2.11. The molecule has 1 aromatic carbocycles. The molecule has 0 aromatic heterocycles. The van der Waals surface area contributed by atoms with Crippen LogP contribution in [0.2, 0.25) is 5.02 Å². The molecule has 0 fully saturated rings. The van der Waals surface area contributed by atoms with Crippen molar-refractivity contribution in [2.45, 2.75) is 18.9 Å². The van der Waals surface area contributed by atoms with Gasteiger partial charge in [0.25, 0.3) is 5.69 Å². The Balaban J connectivity index is 0.00000256. The van der Waals surface area contributed by atoms with Gasteiger partial charge in [0.2, 0.25) is 6.43 Å². The van der Waals surface area contributed by atoms with Gasteiger partial charge in [-0.05, 0) is 12.1 Å². The van der Waals surface area contributed by atoms with Crippen LogP contribution in [0.25, 0.3) is 0 Å². The largest absolute Gasteiger partial charge is 0.324 e. The zero-order valence-electron chi connectivity index (χ0n) is 8.48. The Morgan fingerprint density at radius 3 is 2.53 bits per heavy atom. The van der Waals surface area contributed by atoms with E-state index in [1.54, 1.807) is 0 Å². The minimum absolute atomic E-state index is 0. The Bertz CT molecular complexity index is 405. The van der Waals surface area contributed by atoms with Gasteiger partial charge in [-0.15, -0.1) is 12.4 Å². The molecule has 1 atom stereocenters. The maximum atomic E-state index is 12.1. The minimum atomic E-state index is -2.62. The van der Waals surface area contributed by atoms with Crippen molar-refractivity contribution in [3.63, 3.8) is 0 Å². The van der Waals surface area contributed by atoms with Gasteiger partial charge in [0.1, 0.15) is 0 Å². The van der Waals surface area contributed by atoms with Crippen LogP contribution in [-0.4, -0.2) is 11.3 Å². The van der Waals surface area contributed by atoms with E-state index in [2.05, 4.69) is 0 Å². The molecule has 4 nitrogen and oxygen atoms in total. The summed E-state index contributed by atoms with van der Waals surface area (Å²) in [6, 6.07) is 2.62. The van der Waals surface area contributed by atoms with Crippen molar-refractivity contribution in [2.75, 3.05) is 0 Å². The van der Waals surface area contributed by atoms with Crippen LogP contribution in [0.15, 0.2) is 18.2 Å². The molecule has 0 heterocycles. The smallest absolute Gasteiger partial charge is 0.274 e. The lowest BCUT2D eigenvalue weighted by Crippen LogP contribution is -2.15. The summed E-state index contributed by atoms with van der Waals surface area (Å²) >= 11 is 5.64. The van der Waals surface area contributed by atoms with E-state index in [0.29, 0.717) is 0 Å². The summed E-state index contributed by atoms with van der Waals surface area (Å²) in [6.07, 6.45) is -3.25. The summed E-state index contributed by atoms with van der Waals surface area (Å²) in [7, 11) is 0. The Hall–Kier alpha value is -0.980. The van der Waals surface area contributed by atoms with Gasteiger partial charge in [-0.1, -0.05) is 11.6 Å². The van der Waals surface area contributed by atoms with Crippen molar-refractivity contribution in [1.29, 1.82) is 0 Å². The second-order valence-electron chi connectivity index (χ2n) is 3.19. The maximum Gasteiger partial charge on any atom is 0.274 e. The quantitative estimate of drug-likeness (QED) is 0.682. The highest BCUT2D eigenvalue weighted by atomic mass is 35.5. The van der Waals surface area contributed by atoms with E-state index in [1.165, 1.54) is 12.1 Å². The van der Waals surface area contributed by atoms with Crippen molar-refractivity contribution in [1.82, 2.24) is 0 Å². The first-order valence-corrected chi connectivity index (χ1v) is 4.77. The van der Waals surface area contributed by atoms with E-state index in [1.807, 2.05) is 0 Å². The molecule has 0 radical (unpaired) electrons. The third-order valence-corrected chi connectivity index (χ3v) is 2.25. The number of hydrogen-bond donors (Lipinski definition) is 1. The minimum Gasteiger partial charge on any atom is -0.324 e. The number of nitrogens with zero attached hydrogens (tertiary/aromatic N) is 1. The lowest BCUT2D eigenvalue weighted by molar-refractivity contribution is -0.385. The van der Waals surface area contributed by atoms with Crippen LogP contribution in [0, 0.1) is 10.1 Å². The Kier molecular flexibility index (Phi) is 6.30. The summed E-state index contributed by atoms with van der Waals surface area (Å²) in [5.74, 6) is 0. The second-order valence-corrected chi connectivity index (χ2v) is 3.63. The van der Waals surface area contributed by atoms with Gasteiger partial charge in [-0.3, -0.25) is 10.1 Å². The zero-order chi connectivity index (χ0) is 12.3. The SMILES string of the molecule is Cl.N[C@H](CC(F)F)c1cc(Cl)ccc1[N+](=O)[O-]. The van der Waals surface area contributed by atoms with Crippen LogP contribution in [-0.2, 0) is 0 Å². The van der Waals surface area contributed by atoms with Gasteiger partial charge in [-0.25, -0.2) is 8.78 Å². The molecule has 17 heavy (non-hydrogen) atoms. The van der Waals surface area contributed by atoms with E-state index >= 15 is 0 Å². The summed E-state index contributed by atoms with van der Waals surface area (Å²) in [6.45, 7) is 0. The molecule has 0 spiro atoms. The van der Waals surface area contributed by atoms with Crippen molar-refractivity contribution < 1.29 is 13.7 Å². The van der Waals surface area contributed by atoms with Gasteiger partial charge < -0.3 is 5.73 Å². The molecule has 0 amide bonds. The standard InChI is InChI=1S/C9H9ClF2N2O2.ClH/c10-5-1-2-8(14(15)16)6(3-5)7(13)4-9(11)12;/h1-3,7,9H,4,13H2;1H/t7-;/m1./s1. The summed E-state index contributed by atoms with van der Waals surface area (Å²) in [5.41, 5.74) is 5.19. The predicted octanol–water partition coefficient (Wildman–Crippen LogP) is 3.33. The molecule has 0 aliphatic heterocycles. The highest BCUT2D eigenvalue weighted by molar-refractivity contribution is 6.30. The van der Waals surface area contributed by atoms with Crippen LogP contribution in [0.3, 0.4) is 0 Å². The summed E-state index contributed by atoms with van der Waals surface area (Å²) in [4.78, 5) is 9.97. The Labute approximate surface area is 107 Å². The van der Waals surface area contributed by atoms with Gasteiger partial charge in [0.05, 0.1) is 4.92 Å². The lowest BCUT2D eigenvalue weighted by atomic mass is 10.0. The van der Waals surface area contributed by atoms with Crippen LogP contribution < -0.4 is 5.73 Å². The van der Waals surface area contributed by atoms with E-state index in [9.17, 15) is 18.9 Å². The molecule has 0 aliphatic rings. The number of alkyl halides is 2. The monoisotopic (exact) mass is 286 g/mol. The number of hydrogen-bond acceptors (Lipinski definition) is 3. The first kappa shape index (κ1) is 16.0. The molecular weight excluding hydrogens is 277 g/mol. The third-order valence-electron chi connectivity index (χ3n) is 2.02. The first-order chi connectivity index (χ1) is 7.41. The van der Waals surface area contributed by atoms with Crippen molar-refractivity contribution in [3.8, 4) is 0 Å². The third kappa shape index (κ3) is 4.41. The second kappa shape index (κ2) is 6.68. The summed E-state index contributed by atoms with van der Waals surface area (Å²) in [5, 5.41) is 10.9. The van der Waals surface area contributed by atoms with Gasteiger partial charge in [0, 0.05) is 29.1 Å². The molecule has 1 rings (SSSR count). The van der Waals surface area contributed by atoms with Crippen molar-refractivity contribution in [2.24, 2.45) is 5.73 Å². The number of halogens is 4. The molecule has 8 heteroatoms. The molecule has 96 valence electrons. The van der Waals surface area contributed by atoms with Crippen molar-refractivity contribution in [3.05, 3.63) is 38.9 Å². The number of nitro benzene ring substituents is 1. The van der Waals surface area contributed by atoms with Gasteiger partial charge >= 0.3 is 0 Å². The molecule has 0 bridgehead atoms. The fraction of sp³-hybridized carbons (Fsp3) is 0.333. The predicted molar refractivity (Wildman–Crippen MR) is 62.9 cm³/mol. The fourth-order valence-corrected chi connectivity index (χ4v) is 1.49. The Morgan fingerprint density at radius 1 is 1.47 bits per heavy atom. The molecule has 0 unspecified atom stereocenters. The van der Waals surface area contributed by atoms with E-state index in [-0.39, 0.29) is 28.7 Å². The number of rotatable bonds is 4. The Morgan fingerprint density at radius 2 is 2.06 bits per heavy atom.